The van der Waals surface area contributed by atoms with Crippen LogP contribution in [0.25, 0.3) is 0 Å². The summed E-state index contributed by atoms with van der Waals surface area (Å²) < 4.78 is 5.15. The summed E-state index contributed by atoms with van der Waals surface area (Å²) in [6.07, 6.45) is 1.52. The highest BCUT2D eigenvalue weighted by Crippen LogP contribution is 2.49. The van der Waals surface area contributed by atoms with Crippen molar-refractivity contribution in [3.63, 3.8) is 0 Å². The Hall–Kier alpha value is -2.79. The molecule has 148 valence electrons. The van der Waals surface area contributed by atoms with Crippen molar-refractivity contribution in [1.29, 1.82) is 0 Å². The minimum absolute atomic E-state index is 0.0800. The van der Waals surface area contributed by atoms with Crippen LogP contribution in [-0.2, 0) is 9.59 Å². The maximum Gasteiger partial charge on any atom is 0.342 e. The lowest BCUT2D eigenvalue weighted by Crippen LogP contribution is -2.65. The molecule has 3 fully saturated rings. The Bertz CT molecular complexity index is 879. The summed E-state index contributed by atoms with van der Waals surface area (Å²) in [7, 11) is 1.56. The number of carbonyl (C=O) groups excluding carboxylic acids is 2. The van der Waals surface area contributed by atoms with Crippen LogP contribution in [0.3, 0.4) is 0 Å². The zero-order valence-corrected chi connectivity index (χ0v) is 15.8. The van der Waals surface area contributed by atoms with E-state index in [0.717, 1.165) is 17.3 Å². The Morgan fingerprint density at radius 2 is 2.21 bits per heavy atom. The molecular weight excluding hydrogens is 386 g/mol. The number of ether oxygens (including phenoxy) is 1. The molecule has 28 heavy (non-hydrogen) atoms. The van der Waals surface area contributed by atoms with Gasteiger partial charge in [-0.05, 0) is 17.7 Å². The number of fused-ring (bicyclic) bond motifs is 1. The van der Waals surface area contributed by atoms with Gasteiger partial charge in [0.2, 0.25) is 10.8 Å². The average Bonchev–Trinajstić information content (AvgIpc) is 3.26. The highest BCUT2D eigenvalue weighted by Gasteiger charge is 2.65. The zero-order valence-electron chi connectivity index (χ0n) is 15.0. The molecule has 3 heterocycles. The summed E-state index contributed by atoms with van der Waals surface area (Å²) in [4.78, 5) is 37.9. The number of aliphatic carboxylic acids is 1. The number of carboxylic acids is 1. The molecule has 11 heteroatoms. The fourth-order valence-electron chi connectivity index (χ4n) is 3.53. The van der Waals surface area contributed by atoms with Crippen LogP contribution in [0.15, 0.2) is 29.4 Å². The van der Waals surface area contributed by atoms with E-state index in [1.807, 2.05) is 6.07 Å². The number of urea groups is 1. The standard InChI is InChI=1S/C17H19N5O5S/c1-27-11-4-2-3-10(7-11)8-19-22-6-5-21(16(22)26)17(15(24)25)9-20-13(23)12(18)14(20)28-17/h2-4,7-8,12,14H,5-6,9,18H2,1H3,(H,24,25)/t12-,14-,17-/m1/s1. The molecule has 0 aromatic heterocycles. The Balaban J connectivity index is 1.52. The number of nitrogens with zero attached hydrogens (tertiary/aromatic N) is 4. The van der Waals surface area contributed by atoms with E-state index in [4.69, 9.17) is 10.5 Å². The second-order valence-corrected chi connectivity index (χ2v) is 8.06. The van der Waals surface area contributed by atoms with Crippen LogP contribution in [0.5, 0.6) is 5.75 Å². The molecule has 4 rings (SSSR count). The van der Waals surface area contributed by atoms with Crippen LogP contribution in [0.2, 0.25) is 0 Å². The summed E-state index contributed by atoms with van der Waals surface area (Å²) in [6.45, 7) is 0.362. The molecular formula is C17H19N5O5S. The molecule has 3 atom stereocenters. The molecule has 0 bridgehead atoms. The van der Waals surface area contributed by atoms with Crippen molar-refractivity contribution in [2.24, 2.45) is 10.8 Å². The fraction of sp³-hybridized carbons (Fsp3) is 0.412. The van der Waals surface area contributed by atoms with Crippen molar-refractivity contribution in [2.45, 2.75) is 16.3 Å². The van der Waals surface area contributed by atoms with Gasteiger partial charge < -0.3 is 20.5 Å². The number of carbonyl (C=O) groups is 3. The summed E-state index contributed by atoms with van der Waals surface area (Å²) in [5, 5.41) is 14.9. The third-order valence-corrected chi connectivity index (χ3v) is 6.78. The van der Waals surface area contributed by atoms with Gasteiger partial charge in [0.25, 0.3) is 0 Å². The number of hydrazone groups is 1. The Kier molecular flexibility index (Phi) is 4.42. The van der Waals surface area contributed by atoms with Gasteiger partial charge in [0, 0.05) is 6.54 Å². The number of hydrogen-bond donors (Lipinski definition) is 2. The van der Waals surface area contributed by atoms with E-state index < -0.39 is 28.3 Å². The number of benzene rings is 1. The fourth-order valence-corrected chi connectivity index (χ4v) is 5.11. The minimum Gasteiger partial charge on any atom is -0.497 e. The smallest absolute Gasteiger partial charge is 0.342 e. The van der Waals surface area contributed by atoms with Gasteiger partial charge in [-0.1, -0.05) is 23.9 Å². The van der Waals surface area contributed by atoms with Crippen LogP contribution in [-0.4, -0.2) is 87.1 Å². The van der Waals surface area contributed by atoms with Crippen LogP contribution in [0, 0.1) is 0 Å². The van der Waals surface area contributed by atoms with Crippen molar-refractivity contribution in [2.75, 3.05) is 26.7 Å². The van der Waals surface area contributed by atoms with E-state index in [9.17, 15) is 19.5 Å². The lowest BCUT2D eigenvalue weighted by atomic mass is 10.1. The van der Waals surface area contributed by atoms with E-state index in [0.29, 0.717) is 5.75 Å². The number of carboxylic acid groups (broad SMARTS) is 1. The Morgan fingerprint density at radius 3 is 2.89 bits per heavy atom. The molecule has 0 radical (unpaired) electrons. The lowest BCUT2D eigenvalue weighted by Gasteiger charge is -2.38. The number of amides is 3. The van der Waals surface area contributed by atoms with E-state index in [1.54, 1.807) is 25.3 Å². The van der Waals surface area contributed by atoms with E-state index >= 15 is 0 Å². The number of rotatable bonds is 5. The van der Waals surface area contributed by atoms with Crippen molar-refractivity contribution >= 4 is 35.9 Å². The summed E-state index contributed by atoms with van der Waals surface area (Å²) >= 11 is 1.04. The molecule has 3 N–H and O–H groups in total. The largest absolute Gasteiger partial charge is 0.497 e. The average molecular weight is 405 g/mol. The molecule has 1 aromatic carbocycles. The van der Waals surface area contributed by atoms with Gasteiger partial charge in [-0.3, -0.25) is 9.69 Å². The first kappa shape index (κ1) is 18.6. The zero-order chi connectivity index (χ0) is 20.1. The topological polar surface area (TPSA) is 129 Å². The highest BCUT2D eigenvalue weighted by molar-refractivity contribution is 8.02. The predicted octanol–water partition coefficient (Wildman–Crippen LogP) is -0.210. The maximum absolute atomic E-state index is 12.8. The van der Waals surface area contributed by atoms with E-state index in [2.05, 4.69) is 5.10 Å². The van der Waals surface area contributed by atoms with Crippen LogP contribution < -0.4 is 10.5 Å². The van der Waals surface area contributed by atoms with Gasteiger partial charge in [-0.2, -0.15) is 5.10 Å². The van der Waals surface area contributed by atoms with Crippen molar-refractivity contribution in [3.8, 4) is 5.75 Å². The molecule has 1 aromatic rings. The molecule has 3 aliphatic rings. The molecule has 0 spiro atoms. The molecule has 0 unspecified atom stereocenters. The van der Waals surface area contributed by atoms with Gasteiger partial charge in [0.05, 0.1) is 26.4 Å². The first-order chi connectivity index (χ1) is 13.4. The van der Waals surface area contributed by atoms with Gasteiger partial charge in [0.1, 0.15) is 17.2 Å². The number of nitrogens with two attached hydrogens (primary N) is 1. The van der Waals surface area contributed by atoms with Crippen LogP contribution >= 0.6 is 11.8 Å². The molecule has 3 aliphatic heterocycles. The molecule has 0 aliphatic carbocycles. The second kappa shape index (κ2) is 6.67. The third kappa shape index (κ3) is 2.69. The number of hydrogen-bond acceptors (Lipinski definition) is 7. The highest BCUT2D eigenvalue weighted by atomic mass is 32.2. The normalized spacial score (nSPS) is 29.4. The monoisotopic (exact) mass is 405 g/mol. The van der Waals surface area contributed by atoms with Crippen molar-refractivity contribution < 1.29 is 24.2 Å². The summed E-state index contributed by atoms with van der Waals surface area (Å²) in [5.41, 5.74) is 6.52. The quantitative estimate of drug-likeness (QED) is 0.512. The van der Waals surface area contributed by atoms with E-state index in [-0.39, 0.29) is 25.5 Å². The number of methoxy groups -OCH3 is 1. The van der Waals surface area contributed by atoms with E-state index in [1.165, 1.54) is 21.0 Å². The number of β-lactam (4-membered cyclic amide) rings is 1. The molecule has 3 amide bonds. The molecule has 0 saturated carbocycles. The lowest BCUT2D eigenvalue weighted by molar-refractivity contribution is -0.148. The second-order valence-electron chi connectivity index (χ2n) is 6.67. The molecule has 10 nitrogen and oxygen atoms in total. The predicted molar refractivity (Wildman–Crippen MR) is 101 cm³/mol. The van der Waals surface area contributed by atoms with Gasteiger partial charge >= 0.3 is 12.0 Å². The van der Waals surface area contributed by atoms with Crippen LogP contribution in [0.4, 0.5) is 4.79 Å². The number of thioether (sulfide) groups is 1. The van der Waals surface area contributed by atoms with Gasteiger partial charge in [-0.25, -0.2) is 14.6 Å². The first-order valence-corrected chi connectivity index (χ1v) is 9.50. The summed E-state index contributed by atoms with van der Waals surface area (Å²) in [5.74, 6) is -0.796. The summed E-state index contributed by atoms with van der Waals surface area (Å²) in [6, 6.07) is 5.93. The first-order valence-electron chi connectivity index (χ1n) is 8.62. The SMILES string of the molecule is COc1cccc(C=NN2CCN([C@]3(C(=O)O)CN4C(=O)[C@@H](N)[C@H]4S3)C2=O)c1. The Labute approximate surface area is 164 Å². The minimum atomic E-state index is -1.55. The van der Waals surface area contributed by atoms with Crippen molar-refractivity contribution in [3.05, 3.63) is 29.8 Å². The van der Waals surface area contributed by atoms with Gasteiger partial charge in [0.15, 0.2) is 0 Å². The van der Waals surface area contributed by atoms with Gasteiger partial charge in [-0.15, -0.1) is 0 Å². The van der Waals surface area contributed by atoms with Crippen LogP contribution in [0.1, 0.15) is 5.56 Å². The maximum atomic E-state index is 12.8. The Morgan fingerprint density at radius 1 is 1.43 bits per heavy atom. The third-order valence-electron chi connectivity index (χ3n) is 5.08. The molecule has 3 saturated heterocycles. The van der Waals surface area contributed by atoms with Crippen molar-refractivity contribution in [1.82, 2.24) is 14.8 Å².